The van der Waals surface area contributed by atoms with Crippen LogP contribution in [0.25, 0.3) is 0 Å². The van der Waals surface area contributed by atoms with E-state index in [0.717, 1.165) is 0 Å². The van der Waals surface area contributed by atoms with Gasteiger partial charge in [-0.3, -0.25) is 0 Å². The van der Waals surface area contributed by atoms with Crippen LogP contribution in [-0.4, -0.2) is 47.2 Å². The molecule has 0 radical (unpaired) electrons. The predicted octanol–water partition coefficient (Wildman–Crippen LogP) is 0.540. The molecule has 0 aromatic rings. The molecule has 0 atom stereocenters. The van der Waals surface area contributed by atoms with Crippen molar-refractivity contribution in [3.05, 3.63) is 0 Å². The molecule has 0 aliphatic heterocycles. The van der Waals surface area contributed by atoms with Crippen LogP contribution >= 0.6 is 0 Å². The van der Waals surface area contributed by atoms with Gasteiger partial charge in [0.15, 0.2) is 0 Å². The Morgan fingerprint density at radius 1 is 0.857 bits per heavy atom. The van der Waals surface area contributed by atoms with Crippen molar-refractivity contribution in [3.63, 3.8) is 0 Å². The summed E-state index contributed by atoms with van der Waals surface area (Å²) >= 11 is 0. The summed E-state index contributed by atoms with van der Waals surface area (Å²) in [4.78, 5) is 0. The molecule has 0 unspecified atom stereocenters. The van der Waals surface area contributed by atoms with Crippen molar-refractivity contribution >= 4 is 9.05 Å². The van der Waals surface area contributed by atoms with Crippen molar-refractivity contribution in [2.75, 3.05) is 33.0 Å². The Hall–Kier alpha value is 0.0169. The molecule has 0 saturated heterocycles. The van der Waals surface area contributed by atoms with E-state index in [4.69, 9.17) is 22.8 Å². The maximum absolute atomic E-state index is 8.66. The molecule has 5 nitrogen and oxygen atoms in total. The fourth-order valence-corrected chi connectivity index (χ4v) is 2.85. The summed E-state index contributed by atoms with van der Waals surface area (Å²) in [5, 5.41) is 8.66. The van der Waals surface area contributed by atoms with Gasteiger partial charge in [0.25, 0.3) is 0 Å². The first-order valence-electron chi connectivity index (χ1n) is 4.91. The summed E-state index contributed by atoms with van der Waals surface area (Å²) in [6.07, 6.45) is 0. The van der Waals surface area contributed by atoms with E-state index in [1.54, 1.807) is 0 Å². The maximum atomic E-state index is 8.66. The van der Waals surface area contributed by atoms with Crippen molar-refractivity contribution in [2.45, 2.75) is 20.8 Å². The number of hydrogen-bond acceptors (Lipinski definition) is 5. The maximum Gasteiger partial charge on any atom is 0.679 e. The van der Waals surface area contributed by atoms with Crippen LogP contribution < -0.4 is 0 Å². The Labute approximate surface area is 86.4 Å². The van der Waals surface area contributed by atoms with E-state index < -0.39 is 9.05 Å². The normalized spacial score (nSPS) is 12.0. The molecular formula is C8H20O5Si. The topological polar surface area (TPSA) is 57.2 Å². The lowest BCUT2D eigenvalue weighted by molar-refractivity contribution is -0.0334. The summed E-state index contributed by atoms with van der Waals surface area (Å²) in [6.45, 7) is 7.06. The standard InChI is InChI=1S/C8H20O5Si/c1-4-10-14(11-5-2,12-6-3)13-8-7-9/h9H,4-8H2,1-3H3. The highest BCUT2D eigenvalue weighted by Crippen LogP contribution is 2.11. The van der Waals surface area contributed by atoms with Crippen LogP contribution in [0.15, 0.2) is 0 Å². The number of aliphatic hydroxyl groups is 1. The summed E-state index contributed by atoms with van der Waals surface area (Å²) < 4.78 is 21.4. The fraction of sp³-hybridized carbons (Fsp3) is 1.00. The lowest BCUT2D eigenvalue weighted by Gasteiger charge is -2.26. The molecule has 0 aliphatic rings. The lowest BCUT2D eigenvalue weighted by atomic mass is 10.8. The van der Waals surface area contributed by atoms with Gasteiger partial charge >= 0.3 is 9.05 Å². The van der Waals surface area contributed by atoms with Crippen LogP contribution in [0, 0.1) is 0 Å². The predicted molar refractivity (Wildman–Crippen MR) is 53.7 cm³/mol. The van der Waals surface area contributed by atoms with Gasteiger partial charge in [0, 0.05) is 19.8 Å². The van der Waals surface area contributed by atoms with Crippen LogP contribution in [0.1, 0.15) is 20.8 Å². The van der Waals surface area contributed by atoms with Gasteiger partial charge in [-0.2, -0.15) is 0 Å². The highest BCUT2D eigenvalue weighted by Gasteiger charge is 2.44. The molecule has 0 aliphatic carbocycles. The smallest absolute Gasteiger partial charge is 0.394 e. The molecule has 0 heterocycles. The molecule has 0 aromatic carbocycles. The van der Waals surface area contributed by atoms with E-state index in [0.29, 0.717) is 19.8 Å². The minimum Gasteiger partial charge on any atom is -0.394 e. The molecular weight excluding hydrogens is 204 g/mol. The molecule has 86 valence electrons. The minimum absolute atomic E-state index is 0.0675. The Morgan fingerprint density at radius 3 is 1.57 bits per heavy atom. The molecule has 0 amide bonds. The average Bonchev–Trinajstić information content (AvgIpc) is 2.16. The van der Waals surface area contributed by atoms with Crippen LogP contribution in [0.4, 0.5) is 0 Å². The van der Waals surface area contributed by atoms with Crippen molar-refractivity contribution in [1.29, 1.82) is 0 Å². The molecule has 0 rings (SSSR count). The second kappa shape index (κ2) is 8.34. The first-order valence-corrected chi connectivity index (χ1v) is 6.54. The van der Waals surface area contributed by atoms with Gasteiger partial charge in [-0.15, -0.1) is 0 Å². The molecule has 0 fully saturated rings. The van der Waals surface area contributed by atoms with E-state index >= 15 is 0 Å². The largest absolute Gasteiger partial charge is 0.679 e. The van der Waals surface area contributed by atoms with Crippen molar-refractivity contribution in [1.82, 2.24) is 0 Å². The average molecular weight is 224 g/mol. The zero-order valence-electron chi connectivity index (χ0n) is 9.12. The molecule has 0 bridgehead atoms. The van der Waals surface area contributed by atoms with E-state index in [9.17, 15) is 0 Å². The molecule has 6 heteroatoms. The first kappa shape index (κ1) is 14.0. The van der Waals surface area contributed by atoms with Gasteiger partial charge in [0.05, 0.1) is 13.2 Å². The minimum atomic E-state index is -2.98. The van der Waals surface area contributed by atoms with E-state index in [1.165, 1.54) is 0 Å². The van der Waals surface area contributed by atoms with Crippen LogP contribution in [0.5, 0.6) is 0 Å². The van der Waals surface area contributed by atoms with E-state index in [1.807, 2.05) is 20.8 Å². The SMILES string of the molecule is CCO[Si](OCC)(OCC)OCCO. The van der Waals surface area contributed by atoms with Gasteiger partial charge < -0.3 is 22.8 Å². The summed E-state index contributed by atoms with van der Waals surface area (Å²) in [6, 6.07) is 0. The fourth-order valence-electron chi connectivity index (χ4n) is 0.951. The molecule has 0 saturated carbocycles. The molecule has 1 N–H and O–H groups in total. The van der Waals surface area contributed by atoms with Crippen LogP contribution in [0.2, 0.25) is 0 Å². The Morgan fingerprint density at radius 2 is 1.29 bits per heavy atom. The van der Waals surface area contributed by atoms with Gasteiger partial charge in [-0.05, 0) is 20.8 Å². The van der Waals surface area contributed by atoms with E-state index in [2.05, 4.69) is 0 Å². The highest BCUT2D eigenvalue weighted by atomic mass is 28.4. The monoisotopic (exact) mass is 224 g/mol. The summed E-state index contributed by atoms with van der Waals surface area (Å²) in [7, 11) is -2.98. The molecule has 0 aromatic heterocycles. The quantitative estimate of drug-likeness (QED) is 0.579. The van der Waals surface area contributed by atoms with Crippen molar-refractivity contribution in [2.24, 2.45) is 0 Å². The summed E-state index contributed by atoms with van der Waals surface area (Å²) in [5.41, 5.74) is 0. The Kier molecular flexibility index (Phi) is 8.35. The van der Waals surface area contributed by atoms with Gasteiger partial charge in [-0.1, -0.05) is 0 Å². The highest BCUT2D eigenvalue weighted by molar-refractivity contribution is 6.53. The van der Waals surface area contributed by atoms with Gasteiger partial charge in [-0.25, -0.2) is 0 Å². The van der Waals surface area contributed by atoms with Gasteiger partial charge in [0.1, 0.15) is 0 Å². The van der Waals surface area contributed by atoms with E-state index in [-0.39, 0.29) is 13.2 Å². The van der Waals surface area contributed by atoms with Crippen LogP contribution in [0.3, 0.4) is 0 Å². The Balaban J connectivity index is 4.21. The van der Waals surface area contributed by atoms with Gasteiger partial charge in [0.2, 0.25) is 0 Å². The number of aliphatic hydroxyl groups excluding tert-OH is 1. The number of rotatable bonds is 9. The third-order valence-electron chi connectivity index (χ3n) is 1.33. The lowest BCUT2D eigenvalue weighted by Crippen LogP contribution is -2.49. The zero-order valence-corrected chi connectivity index (χ0v) is 10.1. The van der Waals surface area contributed by atoms with Crippen molar-refractivity contribution in [3.8, 4) is 0 Å². The second-order valence-electron chi connectivity index (χ2n) is 2.37. The molecule has 0 spiro atoms. The summed E-state index contributed by atoms with van der Waals surface area (Å²) in [5.74, 6) is 0. The second-order valence-corrected chi connectivity index (χ2v) is 4.53. The first-order chi connectivity index (χ1) is 6.74. The molecule has 14 heavy (non-hydrogen) atoms. The third kappa shape index (κ3) is 5.04. The van der Waals surface area contributed by atoms with Crippen LogP contribution in [-0.2, 0) is 17.7 Å². The van der Waals surface area contributed by atoms with Crippen molar-refractivity contribution < 1.29 is 22.8 Å². The third-order valence-corrected chi connectivity index (χ3v) is 3.82. The Bertz CT molecular complexity index is 116. The zero-order chi connectivity index (χ0) is 10.9. The number of hydrogen-bond donors (Lipinski definition) is 1.